The summed E-state index contributed by atoms with van der Waals surface area (Å²) in [4.78, 5) is 0.196. The van der Waals surface area contributed by atoms with E-state index in [1.807, 2.05) is 20.8 Å². The maximum absolute atomic E-state index is 12.3. The summed E-state index contributed by atoms with van der Waals surface area (Å²) in [5, 5.41) is 8.66. The minimum absolute atomic E-state index is 0.0906. The molecule has 20 heavy (non-hydrogen) atoms. The van der Waals surface area contributed by atoms with Crippen molar-refractivity contribution < 1.29 is 13.5 Å². The molecule has 110 valence electrons. The van der Waals surface area contributed by atoms with E-state index in [2.05, 4.69) is 16.6 Å². The van der Waals surface area contributed by atoms with Gasteiger partial charge in [0.25, 0.3) is 0 Å². The molecule has 0 aliphatic heterocycles. The lowest BCUT2D eigenvalue weighted by atomic mass is 10.0. The Balaban J connectivity index is 3.03. The van der Waals surface area contributed by atoms with E-state index in [0.717, 1.165) is 6.42 Å². The molecule has 0 bridgehead atoms. The minimum Gasteiger partial charge on any atom is -0.384 e. The van der Waals surface area contributed by atoms with Gasteiger partial charge < -0.3 is 5.11 Å². The highest BCUT2D eigenvalue weighted by atomic mass is 32.2. The van der Waals surface area contributed by atoms with E-state index in [0.29, 0.717) is 5.56 Å². The molecule has 1 aromatic carbocycles. The first-order valence-corrected chi connectivity index (χ1v) is 8.11. The van der Waals surface area contributed by atoms with Gasteiger partial charge in [-0.15, -0.1) is 0 Å². The number of benzene rings is 1. The average Bonchev–Trinajstić information content (AvgIpc) is 2.42. The van der Waals surface area contributed by atoms with E-state index in [9.17, 15) is 8.42 Å². The van der Waals surface area contributed by atoms with E-state index in [1.54, 1.807) is 18.2 Å². The van der Waals surface area contributed by atoms with E-state index in [-0.39, 0.29) is 23.5 Å². The van der Waals surface area contributed by atoms with Crippen molar-refractivity contribution in [2.75, 3.05) is 6.61 Å². The lowest BCUT2D eigenvalue weighted by Gasteiger charge is -2.20. The summed E-state index contributed by atoms with van der Waals surface area (Å²) in [6, 6.07) is 6.32. The zero-order valence-corrected chi connectivity index (χ0v) is 12.9. The van der Waals surface area contributed by atoms with Crippen molar-refractivity contribution in [3.8, 4) is 11.8 Å². The van der Waals surface area contributed by atoms with Crippen LogP contribution in [0.15, 0.2) is 29.2 Å². The van der Waals surface area contributed by atoms with Crippen molar-refractivity contribution in [3.05, 3.63) is 29.8 Å². The van der Waals surface area contributed by atoms with Gasteiger partial charge in [0, 0.05) is 11.6 Å². The Morgan fingerprint density at radius 1 is 1.35 bits per heavy atom. The molecule has 5 heteroatoms. The summed E-state index contributed by atoms with van der Waals surface area (Å²) in [5.74, 6) is 5.44. The van der Waals surface area contributed by atoms with Crippen LogP contribution in [0.25, 0.3) is 0 Å². The maximum Gasteiger partial charge on any atom is 0.240 e. The second kappa shape index (κ2) is 7.44. The fourth-order valence-corrected chi connectivity index (χ4v) is 3.35. The van der Waals surface area contributed by atoms with Gasteiger partial charge in [0.05, 0.1) is 4.90 Å². The summed E-state index contributed by atoms with van der Waals surface area (Å²) in [6.07, 6.45) is 0.737. The van der Waals surface area contributed by atoms with Gasteiger partial charge >= 0.3 is 0 Å². The number of nitrogens with one attached hydrogen (secondary N) is 1. The fraction of sp³-hybridized carbons (Fsp3) is 0.467. The van der Waals surface area contributed by atoms with E-state index in [1.165, 1.54) is 6.07 Å². The number of aliphatic hydroxyl groups is 1. The summed E-state index contributed by atoms with van der Waals surface area (Å²) >= 11 is 0. The summed E-state index contributed by atoms with van der Waals surface area (Å²) in [5.41, 5.74) is 0.569. The molecule has 0 radical (unpaired) electrons. The van der Waals surface area contributed by atoms with Gasteiger partial charge in [-0.3, -0.25) is 0 Å². The standard InChI is InChI=1S/C15H21NO3S/c1-4-15(12(2)3)16-20(18,19)14-9-5-7-13(11-14)8-6-10-17/h5,7,9,11-12,15-17H,4,10H2,1-3H3. The van der Waals surface area contributed by atoms with Gasteiger partial charge in [-0.05, 0) is 30.5 Å². The van der Waals surface area contributed by atoms with Gasteiger partial charge in [0.1, 0.15) is 6.61 Å². The average molecular weight is 295 g/mol. The molecule has 0 amide bonds. The normalized spacial score (nSPS) is 12.8. The van der Waals surface area contributed by atoms with Crippen molar-refractivity contribution in [3.63, 3.8) is 0 Å². The highest BCUT2D eigenvalue weighted by Gasteiger charge is 2.21. The van der Waals surface area contributed by atoms with Gasteiger partial charge in [0.15, 0.2) is 0 Å². The van der Waals surface area contributed by atoms with Crippen LogP contribution in [-0.2, 0) is 10.0 Å². The molecule has 0 heterocycles. The zero-order valence-electron chi connectivity index (χ0n) is 12.1. The lowest BCUT2D eigenvalue weighted by molar-refractivity contribution is 0.350. The Morgan fingerprint density at radius 3 is 2.60 bits per heavy atom. The number of hydrogen-bond acceptors (Lipinski definition) is 3. The molecule has 1 unspecified atom stereocenters. The third kappa shape index (κ3) is 4.64. The van der Waals surface area contributed by atoms with Crippen LogP contribution >= 0.6 is 0 Å². The minimum atomic E-state index is -3.54. The van der Waals surface area contributed by atoms with Crippen LogP contribution in [0.3, 0.4) is 0 Å². The number of aliphatic hydroxyl groups excluding tert-OH is 1. The highest BCUT2D eigenvalue weighted by Crippen LogP contribution is 2.14. The van der Waals surface area contributed by atoms with Gasteiger partial charge in [-0.1, -0.05) is 38.7 Å². The molecule has 4 nitrogen and oxygen atoms in total. The molecular weight excluding hydrogens is 274 g/mol. The van der Waals surface area contributed by atoms with Crippen LogP contribution in [-0.4, -0.2) is 26.2 Å². The fourth-order valence-electron chi connectivity index (χ4n) is 1.84. The third-order valence-corrected chi connectivity index (χ3v) is 4.49. The molecule has 0 aliphatic carbocycles. The van der Waals surface area contributed by atoms with Crippen LogP contribution in [0.4, 0.5) is 0 Å². The van der Waals surface area contributed by atoms with Gasteiger partial charge in [0.2, 0.25) is 10.0 Å². The van der Waals surface area contributed by atoms with E-state index in [4.69, 9.17) is 5.11 Å². The third-order valence-electron chi connectivity index (χ3n) is 3.01. The Hall–Kier alpha value is -1.35. The van der Waals surface area contributed by atoms with E-state index < -0.39 is 10.0 Å². The smallest absolute Gasteiger partial charge is 0.240 e. The first-order valence-electron chi connectivity index (χ1n) is 6.62. The summed E-state index contributed by atoms with van der Waals surface area (Å²) < 4.78 is 27.4. The Labute approximate surface area is 121 Å². The summed E-state index contributed by atoms with van der Waals surface area (Å²) in [6.45, 7) is 5.68. The SMILES string of the molecule is CCC(NS(=O)(=O)c1cccc(C#CCO)c1)C(C)C. The molecule has 0 aromatic heterocycles. The first-order chi connectivity index (χ1) is 9.40. The monoisotopic (exact) mass is 295 g/mol. The molecule has 1 atom stereocenters. The lowest BCUT2D eigenvalue weighted by Crippen LogP contribution is -2.37. The molecule has 0 fully saturated rings. The molecule has 0 spiro atoms. The van der Waals surface area contributed by atoms with Crippen molar-refractivity contribution in [1.82, 2.24) is 4.72 Å². The van der Waals surface area contributed by atoms with Crippen LogP contribution in [0.5, 0.6) is 0 Å². The quantitative estimate of drug-likeness (QED) is 0.813. The molecule has 2 N–H and O–H groups in total. The van der Waals surface area contributed by atoms with Crippen LogP contribution < -0.4 is 4.72 Å². The summed E-state index contributed by atoms with van der Waals surface area (Å²) in [7, 11) is -3.54. The molecule has 1 rings (SSSR count). The van der Waals surface area contributed by atoms with Crippen molar-refractivity contribution in [2.45, 2.75) is 38.1 Å². The van der Waals surface area contributed by atoms with E-state index >= 15 is 0 Å². The Morgan fingerprint density at radius 2 is 2.05 bits per heavy atom. The molecule has 0 aliphatic rings. The van der Waals surface area contributed by atoms with Crippen LogP contribution in [0.2, 0.25) is 0 Å². The molecule has 0 saturated heterocycles. The number of rotatable bonds is 5. The molecular formula is C15H21NO3S. The largest absolute Gasteiger partial charge is 0.384 e. The maximum atomic E-state index is 12.3. The Bertz CT molecular complexity index is 597. The van der Waals surface area contributed by atoms with Gasteiger partial charge in [-0.25, -0.2) is 13.1 Å². The van der Waals surface area contributed by atoms with Crippen molar-refractivity contribution in [1.29, 1.82) is 0 Å². The first kappa shape index (κ1) is 16.7. The molecule has 1 aromatic rings. The van der Waals surface area contributed by atoms with Crippen molar-refractivity contribution in [2.24, 2.45) is 5.92 Å². The highest BCUT2D eigenvalue weighted by molar-refractivity contribution is 7.89. The number of hydrogen-bond donors (Lipinski definition) is 2. The predicted molar refractivity (Wildman–Crippen MR) is 79.6 cm³/mol. The predicted octanol–water partition coefficient (Wildman–Crippen LogP) is 1.74. The van der Waals surface area contributed by atoms with Crippen LogP contribution in [0, 0.1) is 17.8 Å². The van der Waals surface area contributed by atoms with Gasteiger partial charge in [-0.2, -0.15) is 0 Å². The topological polar surface area (TPSA) is 66.4 Å². The van der Waals surface area contributed by atoms with Crippen LogP contribution in [0.1, 0.15) is 32.8 Å². The second-order valence-corrected chi connectivity index (χ2v) is 6.58. The molecule has 0 saturated carbocycles. The second-order valence-electron chi connectivity index (χ2n) is 4.87. The zero-order chi connectivity index (χ0) is 15.2. The number of sulfonamides is 1. The van der Waals surface area contributed by atoms with Crippen molar-refractivity contribution >= 4 is 10.0 Å². The Kier molecular flexibility index (Phi) is 6.21.